The minimum Gasteiger partial charge on any atom is -0.375 e. The van der Waals surface area contributed by atoms with Crippen LogP contribution >= 0.6 is 11.8 Å². The second-order valence-corrected chi connectivity index (χ2v) is 6.94. The SMILES string of the molecule is NC(CCC(F)(F)F)C1CCOC2(CCSCC2)C1. The van der Waals surface area contributed by atoms with Gasteiger partial charge in [-0.3, -0.25) is 0 Å². The van der Waals surface area contributed by atoms with Gasteiger partial charge < -0.3 is 10.5 Å². The number of alkyl halides is 3. The second-order valence-electron chi connectivity index (χ2n) is 5.71. The first-order valence-electron chi connectivity index (χ1n) is 6.94. The molecule has 0 aromatic rings. The number of thioether (sulfide) groups is 1. The summed E-state index contributed by atoms with van der Waals surface area (Å²) in [7, 11) is 0. The molecule has 2 atom stereocenters. The minimum atomic E-state index is -4.10. The Morgan fingerprint density at radius 2 is 2.00 bits per heavy atom. The third-order valence-corrected chi connectivity index (χ3v) is 5.29. The Balaban J connectivity index is 1.86. The number of ether oxygens (including phenoxy) is 1. The summed E-state index contributed by atoms with van der Waals surface area (Å²) in [4.78, 5) is 0. The molecule has 0 aromatic heterocycles. The monoisotopic (exact) mass is 297 g/mol. The van der Waals surface area contributed by atoms with Crippen molar-refractivity contribution in [3.05, 3.63) is 0 Å². The van der Waals surface area contributed by atoms with Crippen molar-refractivity contribution in [2.75, 3.05) is 18.1 Å². The molecular formula is C13H22F3NOS. The molecule has 0 bridgehead atoms. The van der Waals surface area contributed by atoms with E-state index in [1.807, 2.05) is 11.8 Å². The Morgan fingerprint density at radius 1 is 1.32 bits per heavy atom. The number of nitrogens with two attached hydrogens (primary N) is 1. The molecule has 2 N–H and O–H groups in total. The molecule has 0 amide bonds. The highest BCUT2D eigenvalue weighted by molar-refractivity contribution is 7.99. The van der Waals surface area contributed by atoms with Crippen molar-refractivity contribution in [1.82, 2.24) is 0 Å². The maximum Gasteiger partial charge on any atom is 0.389 e. The van der Waals surface area contributed by atoms with E-state index in [4.69, 9.17) is 10.5 Å². The molecular weight excluding hydrogens is 275 g/mol. The summed E-state index contributed by atoms with van der Waals surface area (Å²) in [5.41, 5.74) is 5.89. The fraction of sp³-hybridized carbons (Fsp3) is 1.00. The Hall–Kier alpha value is 0.0600. The van der Waals surface area contributed by atoms with Crippen LogP contribution in [0.5, 0.6) is 0 Å². The maximum atomic E-state index is 12.2. The van der Waals surface area contributed by atoms with Gasteiger partial charge in [0.05, 0.1) is 5.60 Å². The van der Waals surface area contributed by atoms with Crippen molar-refractivity contribution in [2.45, 2.75) is 56.3 Å². The first-order valence-corrected chi connectivity index (χ1v) is 8.10. The summed E-state index contributed by atoms with van der Waals surface area (Å²) in [6.45, 7) is 0.648. The van der Waals surface area contributed by atoms with E-state index in [9.17, 15) is 13.2 Å². The van der Waals surface area contributed by atoms with E-state index in [1.165, 1.54) is 0 Å². The third kappa shape index (κ3) is 4.53. The number of hydrogen-bond acceptors (Lipinski definition) is 3. The van der Waals surface area contributed by atoms with Crippen LogP contribution in [0, 0.1) is 5.92 Å². The minimum absolute atomic E-state index is 0.0407. The van der Waals surface area contributed by atoms with Gasteiger partial charge in [0.15, 0.2) is 0 Å². The summed E-state index contributed by atoms with van der Waals surface area (Å²) in [6, 6.07) is -0.350. The van der Waals surface area contributed by atoms with Crippen LogP contribution in [0.25, 0.3) is 0 Å². The molecule has 112 valence electrons. The van der Waals surface area contributed by atoms with Crippen molar-refractivity contribution in [1.29, 1.82) is 0 Å². The van der Waals surface area contributed by atoms with Gasteiger partial charge in [0.2, 0.25) is 0 Å². The Kier molecular flexibility index (Phi) is 5.06. The average molecular weight is 297 g/mol. The van der Waals surface area contributed by atoms with Crippen LogP contribution in [-0.4, -0.2) is 35.9 Å². The number of halogens is 3. The standard InChI is InChI=1S/C13H22F3NOS/c14-13(15,16)3-1-11(17)10-2-6-18-12(9-10)4-7-19-8-5-12/h10-11H,1-9,17H2. The van der Waals surface area contributed by atoms with E-state index >= 15 is 0 Å². The van der Waals surface area contributed by atoms with Crippen LogP contribution in [0.3, 0.4) is 0 Å². The lowest BCUT2D eigenvalue weighted by molar-refractivity contribution is -0.139. The highest BCUT2D eigenvalue weighted by Crippen LogP contribution is 2.41. The molecule has 0 radical (unpaired) electrons. The molecule has 0 saturated carbocycles. The molecule has 6 heteroatoms. The Labute approximate surface area is 116 Å². The van der Waals surface area contributed by atoms with Gasteiger partial charge in [-0.25, -0.2) is 0 Å². The molecule has 2 heterocycles. The molecule has 0 aliphatic carbocycles. The van der Waals surface area contributed by atoms with Gasteiger partial charge in [-0.1, -0.05) is 0 Å². The van der Waals surface area contributed by atoms with Gasteiger partial charge in [0.1, 0.15) is 0 Å². The molecule has 1 spiro atoms. The zero-order valence-electron chi connectivity index (χ0n) is 11.0. The lowest BCUT2D eigenvalue weighted by Crippen LogP contribution is -2.47. The maximum absolute atomic E-state index is 12.2. The van der Waals surface area contributed by atoms with Crippen LogP contribution in [0.1, 0.15) is 38.5 Å². The smallest absolute Gasteiger partial charge is 0.375 e. The summed E-state index contributed by atoms with van der Waals surface area (Å²) in [6.07, 6.45) is -1.16. The lowest BCUT2D eigenvalue weighted by atomic mass is 9.78. The summed E-state index contributed by atoms with van der Waals surface area (Å²) >= 11 is 1.93. The molecule has 2 aliphatic heterocycles. The van der Waals surface area contributed by atoms with Crippen LogP contribution < -0.4 is 5.73 Å². The molecule has 2 nitrogen and oxygen atoms in total. The van der Waals surface area contributed by atoms with Gasteiger partial charge in [0.25, 0.3) is 0 Å². The van der Waals surface area contributed by atoms with E-state index in [2.05, 4.69) is 0 Å². The van der Waals surface area contributed by atoms with Crippen molar-refractivity contribution in [2.24, 2.45) is 11.7 Å². The number of rotatable bonds is 3. The van der Waals surface area contributed by atoms with Gasteiger partial charge in [0, 0.05) is 19.1 Å². The van der Waals surface area contributed by atoms with Gasteiger partial charge in [-0.15, -0.1) is 0 Å². The average Bonchev–Trinajstić information content (AvgIpc) is 2.36. The summed E-state index contributed by atoms with van der Waals surface area (Å²) in [5.74, 6) is 2.36. The largest absolute Gasteiger partial charge is 0.389 e. The predicted molar refractivity (Wildman–Crippen MR) is 71.2 cm³/mol. The lowest BCUT2D eigenvalue weighted by Gasteiger charge is -2.44. The first kappa shape index (κ1) is 15.4. The van der Waals surface area contributed by atoms with E-state index in [0.717, 1.165) is 37.2 Å². The molecule has 19 heavy (non-hydrogen) atoms. The molecule has 2 fully saturated rings. The van der Waals surface area contributed by atoms with Gasteiger partial charge in [-0.2, -0.15) is 24.9 Å². The Bertz CT molecular complexity index is 287. The fourth-order valence-electron chi connectivity index (χ4n) is 3.09. The van der Waals surface area contributed by atoms with E-state index in [1.54, 1.807) is 0 Å². The van der Waals surface area contributed by atoms with Crippen LogP contribution in [0.4, 0.5) is 13.2 Å². The molecule has 2 aliphatic rings. The van der Waals surface area contributed by atoms with Crippen molar-refractivity contribution >= 4 is 11.8 Å². The van der Waals surface area contributed by atoms with Crippen molar-refractivity contribution < 1.29 is 17.9 Å². The quantitative estimate of drug-likeness (QED) is 0.867. The molecule has 2 unspecified atom stereocenters. The van der Waals surface area contributed by atoms with Crippen molar-refractivity contribution in [3.63, 3.8) is 0 Å². The van der Waals surface area contributed by atoms with Crippen molar-refractivity contribution in [3.8, 4) is 0 Å². The normalized spacial score (nSPS) is 29.4. The zero-order chi connectivity index (χ0) is 13.9. The number of hydrogen-bond donors (Lipinski definition) is 1. The van der Waals surface area contributed by atoms with E-state index < -0.39 is 12.6 Å². The third-order valence-electron chi connectivity index (χ3n) is 4.30. The molecule has 2 rings (SSSR count). The first-order chi connectivity index (χ1) is 8.90. The summed E-state index contributed by atoms with van der Waals surface area (Å²) < 4.78 is 42.7. The molecule has 0 aromatic carbocycles. The van der Waals surface area contributed by atoms with Crippen LogP contribution in [0.2, 0.25) is 0 Å². The summed E-state index contributed by atoms with van der Waals surface area (Å²) in [5, 5.41) is 0. The van der Waals surface area contributed by atoms with E-state index in [0.29, 0.717) is 6.61 Å². The predicted octanol–water partition coefficient (Wildman–Crippen LogP) is 3.35. The fourth-order valence-corrected chi connectivity index (χ4v) is 4.33. The van der Waals surface area contributed by atoms with Crippen LogP contribution in [0.15, 0.2) is 0 Å². The Morgan fingerprint density at radius 3 is 2.63 bits per heavy atom. The van der Waals surface area contributed by atoms with Crippen LogP contribution in [-0.2, 0) is 4.74 Å². The van der Waals surface area contributed by atoms with E-state index in [-0.39, 0.29) is 24.0 Å². The second kappa shape index (κ2) is 6.22. The zero-order valence-corrected chi connectivity index (χ0v) is 11.9. The molecule has 2 saturated heterocycles. The van der Waals surface area contributed by atoms with Gasteiger partial charge >= 0.3 is 6.18 Å². The highest BCUT2D eigenvalue weighted by atomic mass is 32.2. The highest BCUT2D eigenvalue weighted by Gasteiger charge is 2.40. The van der Waals surface area contributed by atoms with Gasteiger partial charge in [-0.05, 0) is 49.5 Å². The topological polar surface area (TPSA) is 35.2 Å².